The molecule has 2 rings (SSSR count). The van der Waals surface area contributed by atoms with E-state index in [0.29, 0.717) is 0 Å². The van der Waals surface area contributed by atoms with Crippen molar-refractivity contribution in [2.75, 3.05) is 0 Å². The van der Waals surface area contributed by atoms with Crippen molar-refractivity contribution in [2.45, 2.75) is 26.2 Å². The molecule has 1 fully saturated rings. The Labute approximate surface area is 86.7 Å². The minimum Gasteiger partial charge on any atom is -0.0808 e. The van der Waals surface area contributed by atoms with Crippen LogP contribution in [0.25, 0.3) is 6.08 Å². The van der Waals surface area contributed by atoms with Crippen molar-refractivity contribution in [1.82, 2.24) is 0 Å². The standard InChI is InChI=1S/C14H18/c1-12-7-8-14(11-12)10-9-13-5-3-2-4-6-13/h2-6,9-10,12,14H,7-8,11H2,1H3/b10-9+. The molecule has 0 spiro atoms. The summed E-state index contributed by atoms with van der Waals surface area (Å²) in [6.45, 7) is 2.36. The second-order valence-corrected chi connectivity index (χ2v) is 4.45. The first kappa shape index (κ1) is 9.51. The van der Waals surface area contributed by atoms with Crippen molar-refractivity contribution in [3.63, 3.8) is 0 Å². The van der Waals surface area contributed by atoms with E-state index < -0.39 is 0 Å². The molecule has 0 bridgehead atoms. The van der Waals surface area contributed by atoms with E-state index in [1.54, 1.807) is 0 Å². The number of benzene rings is 1. The molecule has 1 aliphatic rings. The second-order valence-electron chi connectivity index (χ2n) is 4.45. The molecule has 1 aliphatic carbocycles. The normalized spacial score (nSPS) is 27.2. The van der Waals surface area contributed by atoms with Gasteiger partial charge < -0.3 is 0 Å². The van der Waals surface area contributed by atoms with Crippen LogP contribution < -0.4 is 0 Å². The first-order valence-electron chi connectivity index (χ1n) is 5.58. The quantitative estimate of drug-likeness (QED) is 0.651. The maximum Gasteiger partial charge on any atom is -0.0228 e. The zero-order valence-corrected chi connectivity index (χ0v) is 8.82. The summed E-state index contributed by atoms with van der Waals surface area (Å²) < 4.78 is 0. The molecule has 1 aromatic carbocycles. The summed E-state index contributed by atoms with van der Waals surface area (Å²) >= 11 is 0. The maximum atomic E-state index is 2.39. The van der Waals surface area contributed by atoms with E-state index in [1.165, 1.54) is 24.8 Å². The Balaban J connectivity index is 1.94. The van der Waals surface area contributed by atoms with Gasteiger partial charge in [-0.05, 0) is 30.2 Å². The molecule has 1 saturated carbocycles. The fourth-order valence-electron chi connectivity index (χ4n) is 2.24. The molecule has 0 heteroatoms. The smallest absolute Gasteiger partial charge is 0.0228 e. The van der Waals surface area contributed by atoms with Crippen LogP contribution in [-0.4, -0.2) is 0 Å². The van der Waals surface area contributed by atoms with E-state index in [9.17, 15) is 0 Å². The van der Waals surface area contributed by atoms with Crippen LogP contribution in [0.1, 0.15) is 31.7 Å². The highest BCUT2D eigenvalue weighted by atomic mass is 14.2. The Morgan fingerprint density at radius 3 is 2.57 bits per heavy atom. The molecule has 2 unspecified atom stereocenters. The van der Waals surface area contributed by atoms with Gasteiger partial charge in [0.2, 0.25) is 0 Å². The van der Waals surface area contributed by atoms with E-state index in [-0.39, 0.29) is 0 Å². The fourth-order valence-corrected chi connectivity index (χ4v) is 2.24. The van der Waals surface area contributed by atoms with Crippen molar-refractivity contribution in [3.8, 4) is 0 Å². The zero-order chi connectivity index (χ0) is 9.80. The zero-order valence-electron chi connectivity index (χ0n) is 8.82. The molecule has 0 nitrogen and oxygen atoms in total. The predicted molar refractivity (Wildman–Crippen MR) is 62.0 cm³/mol. The van der Waals surface area contributed by atoms with Gasteiger partial charge in [-0.25, -0.2) is 0 Å². The lowest BCUT2D eigenvalue weighted by atomic mass is 10.0. The maximum absolute atomic E-state index is 2.39. The summed E-state index contributed by atoms with van der Waals surface area (Å²) in [5, 5.41) is 0. The molecule has 2 atom stereocenters. The summed E-state index contributed by atoms with van der Waals surface area (Å²) in [6.07, 6.45) is 8.82. The third-order valence-corrected chi connectivity index (χ3v) is 3.10. The summed E-state index contributed by atoms with van der Waals surface area (Å²) in [6, 6.07) is 10.6. The second kappa shape index (κ2) is 4.45. The minimum atomic E-state index is 0.824. The summed E-state index contributed by atoms with van der Waals surface area (Å²) in [4.78, 5) is 0. The van der Waals surface area contributed by atoms with Crippen LogP contribution in [0.2, 0.25) is 0 Å². The molecular weight excluding hydrogens is 168 g/mol. The van der Waals surface area contributed by atoms with Crippen molar-refractivity contribution >= 4 is 6.08 Å². The first-order chi connectivity index (χ1) is 6.84. The largest absolute Gasteiger partial charge is 0.0808 e. The first-order valence-corrected chi connectivity index (χ1v) is 5.58. The van der Waals surface area contributed by atoms with Gasteiger partial charge in [-0.2, -0.15) is 0 Å². The van der Waals surface area contributed by atoms with Crippen molar-refractivity contribution in [2.24, 2.45) is 11.8 Å². The Morgan fingerprint density at radius 2 is 1.93 bits per heavy atom. The topological polar surface area (TPSA) is 0 Å². The third kappa shape index (κ3) is 2.47. The van der Waals surface area contributed by atoms with Crippen LogP contribution in [0, 0.1) is 11.8 Å². The van der Waals surface area contributed by atoms with Gasteiger partial charge in [0.05, 0.1) is 0 Å². The monoisotopic (exact) mass is 186 g/mol. The van der Waals surface area contributed by atoms with Crippen LogP contribution in [-0.2, 0) is 0 Å². The van der Waals surface area contributed by atoms with E-state index >= 15 is 0 Å². The average Bonchev–Trinajstić information content (AvgIpc) is 2.63. The Kier molecular flexibility index (Phi) is 3.03. The lowest BCUT2D eigenvalue weighted by Gasteiger charge is -2.01. The van der Waals surface area contributed by atoms with Gasteiger partial charge in [-0.3, -0.25) is 0 Å². The number of hydrogen-bond donors (Lipinski definition) is 0. The van der Waals surface area contributed by atoms with E-state index in [2.05, 4.69) is 49.4 Å². The molecular formula is C14H18. The van der Waals surface area contributed by atoms with Crippen LogP contribution in [0.5, 0.6) is 0 Å². The summed E-state index contributed by atoms with van der Waals surface area (Å²) in [7, 11) is 0. The fraction of sp³-hybridized carbons (Fsp3) is 0.429. The summed E-state index contributed by atoms with van der Waals surface area (Å²) in [5.74, 6) is 1.76. The molecule has 74 valence electrons. The average molecular weight is 186 g/mol. The molecule has 0 radical (unpaired) electrons. The molecule has 14 heavy (non-hydrogen) atoms. The van der Waals surface area contributed by atoms with Gasteiger partial charge in [0, 0.05) is 0 Å². The van der Waals surface area contributed by atoms with Gasteiger partial charge in [0.25, 0.3) is 0 Å². The van der Waals surface area contributed by atoms with E-state index in [0.717, 1.165) is 11.8 Å². The third-order valence-electron chi connectivity index (χ3n) is 3.10. The predicted octanol–water partition coefficient (Wildman–Crippen LogP) is 4.14. The van der Waals surface area contributed by atoms with Gasteiger partial charge in [-0.1, -0.05) is 55.8 Å². The molecule has 0 heterocycles. The lowest BCUT2D eigenvalue weighted by Crippen LogP contribution is -1.88. The van der Waals surface area contributed by atoms with Gasteiger partial charge in [0.15, 0.2) is 0 Å². The molecule has 0 aliphatic heterocycles. The highest BCUT2D eigenvalue weighted by Crippen LogP contribution is 2.31. The number of hydrogen-bond acceptors (Lipinski definition) is 0. The highest BCUT2D eigenvalue weighted by Gasteiger charge is 2.18. The van der Waals surface area contributed by atoms with Crippen LogP contribution >= 0.6 is 0 Å². The van der Waals surface area contributed by atoms with E-state index in [4.69, 9.17) is 0 Å². The molecule has 0 N–H and O–H groups in total. The number of rotatable bonds is 2. The van der Waals surface area contributed by atoms with Crippen LogP contribution in [0.3, 0.4) is 0 Å². The molecule has 1 aromatic rings. The van der Waals surface area contributed by atoms with Crippen molar-refractivity contribution < 1.29 is 0 Å². The lowest BCUT2D eigenvalue weighted by molar-refractivity contribution is 0.587. The van der Waals surface area contributed by atoms with Crippen LogP contribution in [0.4, 0.5) is 0 Å². The van der Waals surface area contributed by atoms with Crippen LogP contribution in [0.15, 0.2) is 36.4 Å². The molecule has 0 saturated heterocycles. The van der Waals surface area contributed by atoms with Gasteiger partial charge in [-0.15, -0.1) is 0 Å². The van der Waals surface area contributed by atoms with Crippen molar-refractivity contribution in [3.05, 3.63) is 42.0 Å². The van der Waals surface area contributed by atoms with Gasteiger partial charge >= 0.3 is 0 Å². The highest BCUT2D eigenvalue weighted by molar-refractivity contribution is 5.49. The van der Waals surface area contributed by atoms with Crippen molar-refractivity contribution in [1.29, 1.82) is 0 Å². The Bertz CT molecular complexity index is 297. The minimum absolute atomic E-state index is 0.824. The Morgan fingerprint density at radius 1 is 1.14 bits per heavy atom. The van der Waals surface area contributed by atoms with Gasteiger partial charge in [0.1, 0.15) is 0 Å². The SMILES string of the molecule is CC1CCC(/C=C/c2ccccc2)C1. The molecule has 0 aromatic heterocycles. The van der Waals surface area contributed by atoms with E-state index in [1.807, 2.05) is 0 Å². The Hall–Kier alpha value is -1.04. The number of allylic oxidation sites excluding steroid dienone is 1. The summed E-state index contributed by atoms with van der Waals surface area (Å²) in [5.41, 5.74) is 1.33. The molecule has 0 amide bonds.